The van der Waals surface area contributed by atoms with E-state index in [2.05, 4.69) is 31.9 Å². The molecule has 0 aliphatic heterocycles. The molecule has 0 atom stereocenters. The van der Waals surface area contributed by atoms with Crippen molar-refractivity contribution in [2.24, 2.45) is 26.7 Å². The van der Waals surface area contributed by atoms with Gasteiger partial charge in [0, 0.05) is 19.3 Å². The molecule has 1 heterocycles. The molecule has 0 spiro atoms. The number of aryl methyl sites for hydroxylation is 1. The summed E-state index contributed by atoms with van der Waals surface area (Å²) in [5.74, 6) is 0. The molecule has 0 saturated carbocycles. The number of hydrogen-bond acceptors (Lipinski definition) is 6. The molecule has 0 unspecified atom stereocenters. The lowest BCUT2D eigenvalue weighted by Gasteiger charge is -2.02. The Labute approximate surface area is 164 Å². The van der Waals surface area contributed by atoms with Crippen LogP contribution in [0.4, 0.5) is 0 Å². The number of thiazole rings is 1. The number of aliphatic imine (C=N–C) groups is 1. The van der Waals surface area contributed by atoms with Crippen LogP contribution in [0.5, 0.6) is 0 Å². The van der Waals surface area contributed by atoms with Gasteiger partial charge in [0.2, 0.25) is 4.80 Å². The van der Waals surface area contributed by atoms with Crippen molar-refractivity contribution in [1.29, 1.82) is 0 Å². The summed E-state index contributed by atoms with van der Waals surface area (Å²) in [7, 11) is 0. The number of nitrogens with zero attached hydrogens (tertiary/aromatic N) is 4. The highest BCUT2D eigenvalue weighted by Crippen LogP contribution is 2.16. The first-order valence-corrected chi connectivity index (χ1v) is 10.00. The van der Waals surface area contributed by atoms with Crippen molar-refractivity contribution in [3.05, 3.63) is 52.9 Å². The molecule has 144 valence electrons. The quantitative estimate of drug-likeness (QED) is 0.285. The third kappa shape index (κ3) is 6.71. The number of fused-ring (bicyclic) bond motifs is 1. The molecule has 0 bridgehead atoms. The molecule has 27 heavy (non-hydrogen) atoms. The molecule has 2 aromatic rings. The van der Waals surface area contributed by atoms with Crippen molar-refractivity contribution >= 4 is 34.0 Å². The van der Waals surface area contributed by atoms with Crippen molar-refractivity contribution < 1.29 is 0 Å². The predicted molar refractivity (Wildman–Crippen MR) is 117 cm³/mol. The van der Waals surface area contributed by atoms with Crippen LogP contribution in [0.2, 0.25) is 0 Å². The maximum Gasteiger partial charge on any atom is 0.211 e. The van der Waals surface area contributed by atoms with Crippen molar-refractivity contribution in [1.82, 2.24) is 4.57 Å². The zero-order valence-corrected chi connectivity index (χ0v) is 16.6. The second kappa shape index (κ2) is 12.1. The van der Waals surface area contributed by atoms with Crippen molar-refractivity contribution in [3.8, 4) is 0 Å². The maximum absolute atomic E-state index is 5.68. The Morgan fingerprint density at radius 3 is 2.78 bits per heavy atom. The van der Waals surface area contributed by atoms with Gasteiger partial charge in [-0.25, -0.2) is 0 Å². The highest BCUT2D eigenvalue weighted by atomic mass is 32.1. The van der Waals surface area contributed by atoms with Crippen LogP contribution in [-0.4, -0.2) is 36.6 Å². The number of hydrogen-bond donors (Lipinski definition) is 2. The van der Waals surface area contributed by atoms with Crippen LogP contribution in [-0.2, 0) is 6.54 Å². The summed E-state index contributed by atoms with van der Waals surface area (Å²) in [5, 5.41) is 8.72. The van der Waals surface area contributed by atoms with E-state index in [0.29, 0.717) is 13.1 Å². The number of aromatic nitrogens is 1. The smallest absolute Gasteiger partial charge is 0.211 e. The first kappa shape index (κ1) is 21.0. The van der Waals surface area contributed by atoms with Gasteiger partial charge < -0.3 is 16.0 Å². The molecule has 0 aliphatic carbocycles. The minimum atomic E-state index is 0.653. The fourth-order valence-corrected chi connectivity index (χ4v) is 3.41. The molecule has 1 aromatic heterocycles. The van der Waals surface area contributed by atoms with Gasteiger partial charge in [0.1, 0.15) is 0 Å². The Bertz CT molecular complexity index is 885. The lowest BCUT2D eigenvalue weighted by atomic mass is 10.2. The van der Waals surface area contributed by atoms with Crippen LogP contribution in [0.15, 0.2) is 63.3 Å². The second-order valence-electron chi connectivity index (χ2n) is 5.84. The topological polar surface area (TPSA) is 94.0 Å². The van der Waals surface area contributed by atoms with Crippen LogP contribution in [0.1, 0.15) is 19.8 Å². The Hall–Kier alpha value is -2.35. The number of nitrogens with two attached hydrogens (primary N) is 2. The Kier molecular flexibility index (Phi) is 9.40. The Morgan fingerprint density at radius 2 is 2.00 bits per heavy atom. The van der Waals surface area contributed by atoms with Crippen LogP contribution < -0.4 is 16.3 Å². The highest BCUT2D eigenvalue weighted by Gasteiger charge is 2.04. The van der Waals surface area contributed by atoms with Crippen molar-refractivity contribution in [2.45, 2.75) is 26.3 Å². The standard InChI is InChI=1S/C20H28N6S/c1-2-17(8-5-13-23-14-6-11-21)16-24-25-20-26(15-7-12-22)18-9-3-4-10-19(18)27-20/h2-5,8-10,13,16H,6-7,11-12,14-15,21-22H2,1H3/b8-5-,17-2+,23-13?,24-16+,25-20-. The molecule has 6 nitrogen and oxygen atoms in total. The summed E-state index contributed by atoms with van der Waals surface area (Å²) in [6.45, 7) is 4.88. The molecule has 1 aromatic carbocycles. The zero-order valence-electron chi connectivity index (χ0n) is 15.8. The molecular weight excluding hydrogens is 356 g/mol. The van der Waals surface area contributed by atoms with E-state index in [0.717, 1.165) is 36.3 Å². The number of rotatable bonds is 10. The minimum Gasteiger partial charge on any atom is -0.330 e. The summed E-state index contributed by atoms with van der Waals surface area (Å²) in [6, 6.07) is 8.29. The van der Waals surface area contributed by atoms with Crippen molar-refractivity contribution in [2.75, 3.05) is 19.6 Å². The predicted octanol–water partition coefficient (Wildman–Crippen LogP) is 2.86. The third-order valence-corrected chi connectivity index (χ3v) is 4.88. The van der Waals surface area contributed by atoms with Gasteiger partial charge in [-0.1, -0.05) is 35.6 Å². The number of para-hydroxylation sites is 1. The van der Waals surface area contributed by atoms with E-state index in [1.165, 1.54) is 10.2 Å². The SMILES string of the molecule is C/C=C(\C=C/C=NCCCN)/C=N/N=c1\sc2ccccc2n1CCCN. The van der Waals surface area contributed by atoms with Crippen LogP contribution in [0, 0.1) is 0 Å². The Morgan fingerprint density at radius 1 is 1.19 bits per heavy atom. The van der Waals surface area contributed by atoms with Crippen molar-refractivity contribution in [3.63, 3.8) is 0 Å². The fourth-order valence-electron chi connectivity index (χ4n) is 2.39. The first-order valence-electron chi connectivity index (χ1n) is 9.18. The maximum atomic E-state index is 5.68. The molecule has 4 N–H and O–H groups in total. The summed E-state index contributed by atoms with van der Waals surface area (Å²) >= 11 is 1.64. The first-order chi connectivity index (χ1) is 13.3. The molecule has 2 rings (SSSR count). The number of benzene rings is 1. The second-order valence-corrected chi connectivity index (χ2v) is 6.85. The molecule has 0 amide bonds. The minimum absolute atomic E-state index is 0.653. The third-order valence-electron chi connectivity index (χ3n) is 3.83. The average molecular weight is 385 g/mol. The molecule has 0 saturated heterocycles. The van der Waals surface area contributed by atoms with Gasteiger partial charge in [0.25, 0.3) is 0 Å². The Balaban J connectivity index is 2.15. The summed E-state index contributed by atoms with van der Waals surface area (Å²) in [5.41, 5.74) is 13.3. The van der Waals surface area contributed by atoms with Gasteiger partial charge in [-0.15, -0.1) is 5.10 Å². The normalized spacial score (nSPS) is 13.9. The van der Waals surface area contributed by atoms with E-state index < -0.39 is 0 Å². The van der Waals surface area contributed by atoms with Gasteiger partial charge in [0.15, 0.2) is 0 Å². The average Bonchev–Trinajstić information content (AvgIpc) is 3.05. The lowest BCUT2D eigenvalue weighted by Crippen LogP contribution is -2.16. The monoisotopic (exact) mass is 384 g/mol. The van der Waals surface area contributed by atoms with E-state index in [9.17, 15) is 0 Å². The van der Waals surface area contributed by atoms with Gasteiger partial charge in [-0.05, 0) is 56.6 Å². The van der Waals surface area contributed by atoms with Crippen LogP contribution >= 0.6 is 11.3 Å². The van der Waals surface area contributed by atoms with Gasteiger partial charge in [0.05, 0.1) is 16.4 Å². The summed E-state index contributed by atoms with van der Waals surface area (Å²) in [4.78, 5) is 5.14. The van der Waals surface area contributed by atoms with Gasteiger partial charge >= 0.3 is 0 Å². The largest absolute Gasteiger partial charge is 0.330 e. The number of allylic oxidation sites excluding steroid dienone is 4. The van der Waals surface area contributed by atoms with Crippen LogP contribution in [0.3, 0.4) is 0 Å². The molecule has 7 heteroatoms. The van der Waals surface area contributed by atoms with E-state index in [4.69, 9.17) is 11.5 Å². The lowest BCUT2D eigenvalue weighted by molar-refractivity contribution is 0.650. The highest BCUT2D eigenvalue weighted by molar-refractivity contribution is 7.16. The molecule has 0 radical (unpaired) electrons. The van der Waals surface area contributed by atoms with Gasteiger partial charge in [-0.3, -0.25) is 4.99 Å². The van der Waals surface area contributed by atoms with E-state index in [1.54, 1.807) is 23.8 Å². The summed E-state index contributed by atoms with van der Waals surface area (Å²) in [6.07, 6.45) is 11.2. The van der Waals surface area contributed by atoms with E-state index in [-0.39, 0.29) is 0 Å². The van der Waals surface area contributed by atoms with Gasteiger partial charge in [-0.2, -0.15) is 5.10 Å². The van der Waals surface area contributed by atoms with Crippen LogP contribution in [0.25, 0.3) is 10.2 Å². The molecule has 0 fully saturated rings. The fraction of sp³-hybridized carbons (Fsp3) is 0.350. The van der Waals surface area contributed by atoms with E-state index >= 15 is 0 Å². The van der Waals surface area contributed by atoms with E-state index in [1.807, 2.05) is 37.3 Å². The summed E-state index contributed by atoms with van der Waals surface area (Å²) < 4.78 is 3.38. The molecule has 0 aliphatic rings. The molecular formula is C20H28N6S. The zero-order chi connectivity index (χ0) is 19.3.